The summed E-state index contributed by atoms with van der Waals surface area (Å²) in [4.78, 5) is 27.4. The van der Waals surface area contributed by atoms with Crippen LogP contribution in [0.4, 0.5) is 18.9 Å². The molecule has 4 rings (SSSR count). The fourth-order valence-corrected chi connectivity index (χ4v) is 4.59. The second kappa shape index (κ2) is 10.1. The van der Waals surface area contributed by atoms with E-state index < -0.39 is 12.0 Å². The van der Waals surface area contributed by atoms with Crippen molar-refractivity contribution in [3.8, 4) is 10.6 Å². The molecule has 0 saturated carbocycles. The van der Waals surface area contributed by atoms with Gasteiger partial charge in [0.05, 0.1) is 0 Å². The van der Waals surface area contributed by atoms with Crippen LogP contribution in [-0.4, -0.2) is 47.0 Å². The Balaban J connectivity index is 1.56. The number of piperidine rings is 1. The number of hydrogen-bond donors (Lipinski definition) is 2. The van der Waals surface area contributed by atoms with Gasteiger partial charge in [0.2, 0.25) is 5.82 Å². The van der Waals surface area contributed by atoms with Crippen molar-refractivity contribution in [2.24, 2.45) is 0 Å². The van der Waals surface area contributed by atoms with E-state index in [-0.39, 0.29) is 12.5 Å². The summed E-state index contributed by atoms with van der Waals surface area (Å²) >= 11 is 1.55. The first-order chi connectivity index (χ1) is 16.2. The van der Waals surface area contributed by atoms with E-state index in [1.54, 1.807) is 23.6 Å². The number of nitrogens with one attached hydrogen (secondary N) is 2. The number of nitrogens with zero attached hydrogens (tertiary/aromatic N) is 4. The second-order valence-electron chi connectivity index (χ2n) is 8.23. The molecule has 0 spiro atoms. The maximum Gasteiger partial charge on any atom is 0.451 e. The zero-order chi connectivity index (χ0) is 24.3. The average Bonchev–Trinajstić information content (AvgIpc) is 3.28. The fourth-order valence-electron chi connectivity index (χ4n) is 3.84. The van der Waals surface area contributed by atoms with Crippen molar-refractivity contribution in [2.75, 3.05) is 25.0 Å². The molecule has 3 aromatic rings. The van der Waals surface area contributed by atoms with Crippen LogP contribution in [0.3, 0.4) is 0 Å². The molecule has 2 N–H and O–H groups in total. The van der Waals surface area contributed by atoms with Crippen molar-refractivity contribution < 1.29 is 18.0 Å². The Morgan fingerprint density at radius 2 is 1.85 bits per heavy atom. The van der Waals surface area contributed by atoms with Gasteiger partial charge in [-0.2, -0.15) is 13.2 Å². The highest BCUT2D eigenvalue weighted by molar-refractivity contribution is 7.14. The molecule has 0 bridgehead atoms. The summed E-state index contributed by atoms with van der Waals surface area (Å²) in [6, 6.07) is 6.02. The molecule has 0 unspecified atom stereocenters. The van der Waals surface area contributed by atoms with Crippen LogP contribution in [0.25, 0.3) is 10.6 Å². The van der Waals surface area contributed by atoms with Gasteiger partial charge in [0.1, 0.15) is 5.01 Å². The quantitative estimate of drug-likeness (QED) is 0.543. The van der Waals surface area contributed by atoms with Gasteiger partial charge in [-0.05, 0) is 51.1 Å². The summed E-state index contributed by atoms with van der Waals surface area (Å²) < 4.78 is 38.0. The molecule has 1 aromatic carbocycles. The molecule has 1 aliphatic rings. The van der Waals surface area contributed by atoms with Crippen LogP contribution in [0.2, 0.25) is 0 Å². The number of carbonyl (C=O) groups is 1. The normalized spacial score (nSPS) is 14.7. The average molecular weight is 491 g/mol. The summed E-state index contributed by atoms with van der Waals surface area (Å²) in [5.41, 5.74) is 2.59. The summed E-state index contributed by atoms with van der Waals surface area (Å²) in [5.74, 6) is -1.55. The first-order valence-corrected chi connectivity index (χ1v) is 11.7. The lowest BCUT2D eigenvalue weighted by Crippen LogP contribution is -2.41. The SMILES string of the molecule is Cc1cnc(-c2cc(C(=O)NCc3cnc(C(F)(F)F)nc3)cc(N(C)C3CCNCC3)c2)s1. The largest absolute Gasteiger partial charge is 0.451 e. The highest BCUT2D eigenvalue weighted by Crippen LogP contribution is 2.31. The van der Waals surface area contributed by atoms with Crippen LogP contribution in [0.1, 0.15) is 39.5 Å². The van der Waals surface area contributed by atoms with Gasteiger partial charge in [-0.3, -0.25) is 4.79 Å². The van der Waals surface area contributed by atoms with E-state index in [9.17, 15) is 18.0 Å². The summed E-state index contributed by atoms with van der Waals surface area (Å²) in [5, 5.41) is 6.94. The minimum absolute atomic E-state index is 0.0109. The van der Waals surface area contributed by atoms with Crippen molar-refractivity contribution in [2.45, 2.75) is 38.5 Å². The van der Waals surface area contributed by atoms with E-state index in [4.69, 9.17) is 0 Å². The van der Waals surface area contributed by atoms with Crippen molar-refractivity contribution in [3.63, 3.8) is 0 Å². The lowest BCUT2D eigenvalue weighted by molar-refractivity contribution is -0.145. The Labute approximate surface area is 199 Å². The molecule has 180 valence electrons. The van der Waals surface area contributed by atoms with Gasteiger partial charge in [-0.25, -0.2) is 15.0 Å². The number of alkyl halides is 3. The number of hydrogen-bond acceptors (Lipinski definition) is 7. The molecule has 1 saturated heterocycles. The Morgan fingerprint density at radius 1 is 1.15 bits per heavy atom. The molecule has 1 aliphatic heterocycles. The molecule has 7 nitrogen and oxygen atoms in total. The number of halogens is 3. The number of carbonyl (C=O) groups excluding carboxylic acids is 1. The molecule has 1 fully saturated rings. The Morgan fingerprint density at radius 3 is 2.47 bits per heavy atom. The molecule has 0 atom stereocenters. The van der Waals surface area contributed by atoms with Gasteiger partial charge >= 0.3 is 6.18 Å². The van der Waals surface area contributed by atoms with Gasteiger partial charge in [-0.15, -0.1) is 11.3 Å². The standard InChI is InChI=1S/C23H25F3N6OS/c1-14-10-29-21(34-14)17-7-16(8-19(9-17)32(2)18-3-5-27-6-4-18)20(33)28-11-15-12-30-22(31-13-15)23(24,25)26/h7-10,12-13,18,27H,3-6,11H2,1-2H3,(H,28,33). The molecular formula is C23H25F3N6OS. The molecule has 3 heterocycles. The number of anilines is 1. The molecule has 0 radical (unpaired) electrons. The number of aryl methyl sites for hydroxylation is 1. The van der Waals surface area contributed by atoms with Crippen LogP contribution in [0.5, 0.6) is 0 Å². The topological polar surface area (TPSA) is 83.0 Å². The number of thiazole rings is 1. The minimum atomic E-state index is -4.60. The van der Waals surface area contributed by atoms with Gasteiger partial charge in [-0.1, -0.05) is 0 Å². The van der Waals surface area contributed by atoms with Crippen molar-refractivity contribution >= 4 is 22.9 Å². The zero-order valence-electron chi connectivity index (χ0n) is 18.8. The van der Waals surface area contributed by atoms with Crippen LogP contribution in [0.15, 0.2) is 36.8 Å². The summed E-state index contributed by atoms with van der Waals surface area (Å²) in [6.07, 6.45) is 1.35. The van der Waals surface area contributed by atoms with Gasteiger partial charge in [0.25, 0.3) is 5.91 Å². The van der Waals surface area contributed by atoms with Crippen LogP contribution < -0.4 is 15.5 Å². The van der Waals surface area contributed by atoms with Gasteiger partial charge < -0.3 is 15.5 Å². The lowest BCUT2D eigenvalue weighted by atomic mass is 10.0. The highest BCUT2D eigenvalue weighted by atomic mass is 32.1. The van der Waals surface area contributed by atoms with E-state index >= 15 is 0 Å². The summed E-state index contributed by atoms with van der Waals surface area (Å²) in [7, 11) is 2.03. The summed E-state index contributed by atoms with van der Waals surface area (Å²) in [6.45, 7) is 3.88. The monoisotopic (exact) mass is 490 g/mol. The van der Waals surface area contributed by atoms with Gasteiger partial charge in [0.15, 0.2) is 0 Å². The van der Waals surface area contributed by atoms with E-state index in [1.165, 1.54) is 0 Å². The van der Waals surface area contributed by atoms with E-state index in [1.807, 2.05) is 26.1 Å². The third-order valence-corrected chi connectivity index (χ3v) is 6.69. The van der Waals surface area contributed by atoms with Crippen LogP contribution in [-0.2, 0) is 12.7 Å². The lowest BCUT2D eigenvalue weighted by Gasteiger charge is -2.33. The Kier molecular flexibility index (Phi) is 7.13. The minimum Gasteiger partial charge on any atom is -0.371 e. The van der Waals surface area contributed by atoms with Crippen molar-refractivity contribution in [1.82, 2.24) is 25.6 Å². The molecule has 0 aliphatic carbocycles. The number of aromatic nitrogens is 3. The third kappa shape index (κ3) is 5.71. The second-order valence-corrected chi connectivity index (χ2v) is 9.47. The zero-order valence-corrected chi connectivity index (χ0v) is 19.6. The number of rotatable bonds is 6. The van der Waals surface area contributed by atoms with Crippen LogP contribution >= 0.6 is 11.3 Å². The van der Waals surface area contributed by atoms with Crippen LogP contribution in [0, 0.1) is 6.92 Å². The fraction of sp³-hybridized carbons (Fsp3) is 0.391. The maximum atomic E-state index is 13.0. The first-order valence-electron chi connectivity index (χ1n) is 10.9. The molecule has 1 amide bonds. The van der Waals surface area contributed by atoms with E-state index in [2.05, 4.69) is 30.5 Å². The number of amides is 1. The van der Waals surface area contributed by atoms with E-state index in [0.717, 1.165) is 59.5 Å². The highest BCUT2D eigenvalue weighted by Gasteiger charge is 2.34. The predicted molar refractivity (Wildman–Crippen MR) is 125 cm³/mol. The van der Waals surface area contributed by atoms with E-state index in [0.29, 0.717) is 17.2 Å². The smallest absolute Gasteiger partial charge is 0.371 e. The Bertz CT molecular complexity index is 1140. The van der Waals surface area contributed by atoms with Crippen molar-refractivity contribution in [1.29, 1.82) is 0 Å². The maximum absolute atomic E-state index is 13.0. The molecule has 2 aromatic heterocycles. The molecule has 34 heavy (non-hydrogen) atoms. The predicted octanol–water partition coefficient (Wildman–Crippen LogP) is 4.05. The van der Waals surface area contributed by atoms with Gasteiger partial charge in [0, 0.05) is 65.5 Å². The first kappa shape index (κ1) is 24.1. The third-order valence-electron chi connectivity index (χ3n) is 5.72. The molecule has 11 heteroatoms. The Hall–Kier alpha value is -3.05. The van der Waals surface area contributed by atoms with Crippen molar-refractivity contribution in [3.05, 3.63) is 58.6 Å². The number of benzene rings is 1. The molecular weight excluding hydrogens is 465 g/mol.